The predicted octanol–water partition coefficient (Wildman–Crippen LogP) is -0.795. The van der Waals surface area contributed by atoms with Gasteiger partial charge in [-0.05, 0) is 50.2 Å². The van der Waals surface area contributed by atoms with Crippen LogP contribution in [0.5, 0.6) is 0 Å². The Kier molecular flexibility index (Phi) is 11.5. The van der Waals surface area contributed by atoms with Gasteiger partial charge in [0.1, 0.15) is 0 Å². The van der Waals surface area contributed by atoms with Crippen LogP contribution >= 0.6 is 0 Å². The Balaban J connectivity index is 0.00000225. The molecular weight excluding hydrogens is 424 g/mol. The van der Waals surface area contributed by atoms with Crippen molar-refractivity contribution < 1.29 is 41.6 Å². The Morgan fingerprint density at radius 2 is 1.00 bits per heavy atom. The van der Waals surface area contributed by atoms with Crippen LogP contribution in [0.2, 0.25) is 0 Å². The molecule has 2 aromatic carbocycles. The molecule has 141 valence electrons. The number of benzene rings is 2. The van der Waals surface area contributed by atoms with E-state index in [1.54, 1.807) is 12.4 Å². The number of hydrogen-bond acceptors (Lipinski definition) is 3. The van der Waals surface area contributed by atoms with E-state index in [4.69, 9.17) is 0 Å². The first kappa shape index (κ1) is 25.0. The number of halogens is 2. The Labute approximate surface area is 183 Å². The van der Waals surface area contributed by atoms with E-state index >= 15 is 0 Å². The van der Waals surface area contributed by atoms with Crippen LogP contribution in [-0.2, 0) is 16.8 Å². The predicted molar refractivity (Wildman–Crippen MR) is 101 cm³/mol. The van der Waals surface area contributed by atoms with Crippen molar-refractivity contribution in [1.82, 2.24) is 4.98 Å². The molecule has 6 heteroatoms. The number of rotatable bonds is 4. The average Bonchev–Trinajstić information content (AvgIpc) is 2.61. The standard InChI is InChI=1S/C21H19N3.2ClH.Co/c1-16-6-10-18(11-7-16)22-14-20-4-3-5-21(24-20)15-23-19-12-8-17(2)9-13-19;;;/h3-15H,1-2H3;2*1H;/q;;;+2/p-2. The Morgan fingerprint density at radius 1 is 0.630 bits per heavy atom. The van der Waals surface area contributed by atoms with E-state index in [2.05, 4.69) is 28.8 Å². The Morgan fingerprint density at radius 3 is 1.37 bits per heavy atom. The van der Waals surface area contributed by atoms with Crippen molar-refractivity contribution in [1.29, 1.82) is 0 Å². The minimum absolute atomic E-state index is 0. The number of aliphatic imine (C=N–C) groups is 2. The van der Waals surface area contributed by atoms with Crippen LogP contribution in [0.3, 0.4) is 0 Å². The summed E-state index contributed by atoms with van der Waals surface area (Å²) in [4.78, 5) is 13.4. The summed E-state index contributed by atoms with van der Waals surface area (Å²) < 4.78 is 0. The molecule has 3 aromatic rings. The second-order valence-electron chi connectivity index (χ2n) is 5.67. The zero-order valence-corrected chi connectivity index (χ0v) is 17.5. The molecule has 0 atom stereocenters. The summed E-state index contributed by atoms with van der Waals surface area (Å²) in [7, 11) is 0. The number of nitrogens with zero attached hydrogens (tertiary/aromatic N) is 3. The molecule has 3 rings (SSSR count). The van der Waals surface area contributed by atoms with Gasteiger partial charge in [-0.2, -0.15) is 0 Å². The molecule has 1 aromatic heterocycles. The summed E-state index contributed by atoms with van der Waals surface area (Å²) in [6, 6.07) is 22.0. The van der Waals surface area contributed by atoms with Crippen LogP contribution in [0.15, 0.2) is 76.7 Å². The summed E-state index contributed by atoms with van der Waals surface area (Å²) in [5, 5.41) is 0. The second-order valence-corrected chi connectivity index (χ2v) is 5.67. The molecule has 0 aliphatic heterocycles. The van der Waals surface area contributed by atoms with Gasteiger partial charge in [0.2, 0.25) is 0 Å². The molecule has 0 saturated heterocycles. The fraction of sp³-hybridized carbons (Fsp3) is 0.0952. The maximum absolute atomic E-state index is 4.54. The molecule has 1 heterocycles. The van der Waals surface area contributed by atoms with Gasteiger partial charge in [-0.3, -0.25) is 9.98 Å². The van der Waals surface area contributed by atoms with Crippen LogP contribution in [0.1, 0.15) is 22.5 Å². The van der Waals surface area contributed by atoms with Crippen LogP contribution in [0.4, 0.5) is 11.4 Å². The Hall–Kier alpha value is -1.98. The van der Waals surface area contributed by atoms with Gasteiger partial charge in [0.05, 0.1) is 35.2 Å². The molecule has 0 unspecified atom stereocenters. The first-order valence-corrected chi connectivity index (χ1v) is 7.87. The van der Waals surface area contributed by atoms with E-state index in [1.165, 1.54) is 11.1 Å². The van der Waals surface area contributed by atoms with Gasteiger partial charge in [-0.1, -0.05) is 41.5 Å². The largest absolute Gasteiger partial charge is 2.00 e. The molecular formula is C21H19Cl2CoN3. The van der Waals surface area contributed by atoms with Crippen molar-refractivity contribution in [2.24, 2.45) is 9.98 Å². The average molecular weight is 443 g/mol. The molecule has 0 N–H and O–H groups in total. The molecule has 0 aliphatic rings. The minimum Gasteiger partial charge on any atom is -1.00 e. The summed E-state index contributed by atoms with van der Waals surface area (Å²) in [6.07, 6.45) is 3.54. The summed E-state index contributed by atoms with van der Waals surface area (Å²) >= 11 is 0. The SMILES string of the molecule is Cc1ccc(N=Cc2cccc(C=Nc3ccc(C)cc3)n2)cc1.[Cl-].[Cl-].[Co+2]. The summed E-state index contributed by atoms with van der Waals surface area (Å²) in [5.41, 5.74) is 5.90. The Bertz CT molecular complexity index is 806. The zero-order chi connectivity index (χ0) is 16.8. The molecule has 0 spiro atoms. The topological polar surface area (TPSA) is 37.6 Å². The van der Waals surface area contributed by atoms with Gasteiger partial charge in [-0.25, -0.2) is 4.98 Å². The van der Waals surface area contributed by atoms with Crippen molar-refractivity contribution in [3.8, 4) is 0 Å². The fourth-order valence-corrected chi connectivity index (χ4v) is 2.16. The molecule has 1 radical (unpaired) electrons. The molecule has 3 nitrogen and oxygen atoms in total. The quantitative estimate of drug-likeness (QED) is 0.487. The van der Waals surface area contributed by atoms with Crippen molar-refractivity contribution in [2.45, 2.75) is 13.8 Å². The zero-order valence-electron chi connectivity index (χ0n) is 14.9. The van der Waals surface area contributed by atoms with Crippen LogP contribution < -0.4 is 24.8 Å². The van der Waals surface area contributed by atoms with Gasteiger partial charge in [0.25, 0.3) is 0 Å². The summed E-state index contributed by atoms with van der Waals surface area (Å²) in [6.45, 7) is 4.12. The number of hydrogen-bond donors (Lipinski definition) is 0. The number of aryl methyl sites for hydroxylation is 2. The monoisotopic (exact) mass is 442 g/mol. The third kappa shape index (κ3) is 8.05. The maximum atomic E-state index is 4.54. The van der Waals surface area contributed by atoms with E-state index in [0.717, 1.165) is 22.8 Å². The van der Waals surface area contributed by atoms with Gasteiger partial charge in [0, 0.05) is 0 Å². The smallest absolute Gasteiger partial charge is 1.00 e. The molecule has 0 bridgehead atoms. The molecule has 0 amide bonds. The fourth-order valence-electron chi connectivity index (χ4n) is 2.16. The third-order valence-corrected chi connectivity index (χ3v) is 3.55. The van der Waals surface area contributed by atoms with E-state index in [9.17, 15) is 0 Å². The van der Waals surface area contributed by atoms with Gasteiger partial charge < -0.3 is 24.8 Å². The van der Waals surface area contributed by atoms with Gasteiger partial charge in [-0.15, -0.1) is 0 Å². The van der Waals surface area contributed by atoms with Crippen molar-refractivity contribution in [2.75, 3.05) is 0 Å². The van der Waals surface area contributed by atoms with Crippen molar-refractivity contribution in [3.05, 3.63) is 89.2 Å². The molecule has 0 aliphatic carbocycles. The first-order valence-electron chi connectivity index (χ1n) is 7.87. The van der Waals surface area contributed by atoms with Crippen molar-refractivity contribution >= 4 is 23.8 Å². The normalized spacial score (nSPS) is 10.1. The maximum Gasteiger partial charge on any atom is 2.00 e. The van der Waals surface area contributed by atoms with E-state index in [1.807, 2.05) is 66.7 Å². The van der Waals surface area contributed by atoms with E-state index < -0.39 is 0 Å². The van der Waals surface area contributed by atoms with E-state index in [0.29, 0.717) is 0 Å². The van der Waals surface area contributed by atoms with Crippen molar-refractivity contribution in [3.63, 3.8) is 0 Å². The first-order chi connectivity index (χ1) is 11.7. The number of aromatic nitrogens is 1. The van der Waals surface area contributed by atoms with E-state index in [-0.39, 0.29) is 41.6 Å². The molecule has 27 heavy (non-hydrogen) atoms. The van der Waals surface area contributed by atoms with Crippen LogP contribution in [-0.4, -0.2) is 17.4 Å². The second kappa shape index (κ2) is 12.4. The molecule has 0 fully saturated rings. The molecule has 0 saturated carbocycles. The van der Waals surface area contributed by atoms with Crippen LogP contribution in [0, 0.1) is 13.8 Å². The van der Waals surface area contributed by atoms with Gasteiger partial charge >= 0.3 is 16.8 Å². The summed E-state index contributed by atoms with van der Waals surface area (Å²) in [5.74, 6) is 0. The van der Waals surface area contributed by atoms with Crippen LogP contribution in [0.25, 0.3) is 0 Å². The van der Waals surface area contributed by atoms with Gasteiger partial charge in [0.15, 0.2) is 0 Å². The third-order valence-electron chi connectivity index (χ3n) is 3.55. The number of pyridine rings is 1. The minimum atomic E-state index is 0.